The molecule has 1 radical (unpaired) electrons. The summed E-state index contributed by atoms with van der Waals surface area (Å²) in [4.78, 5) is 9.53. The molecule has 3 aromatic heterocycles. The number of para-hydroxylation sites is 2. The second kappa shape index (κ2) is 19.4. The molecule has 11 rings (SSSR count). The SMILES string of the molecule is CC(C)c1cc(-c2ccc(-c3ccccc3)cc2)cc(C(C)C)c1-n1c(-c2[c-]cc(C#N)c3c2oc2cc(-c4ccccc4)ccc23)nc2ccccc21.[Ir].[c-]1ccccc1-c1ccccn1. The molecule has 0 spiro atoms. The van der Waals surface area contributed by atoms with E-state index in [2.05, 4.69) is 171 Å². The van der Waals surface area contributed by atoms with E-state index < -0.39 is 0 Å². The van der Waals surface area contributed by atoms with E-state index in [0.717, 1.165) is 66.8 Å². The molecule has 0 aliphatic heterocycles. The topological polar surface area (TPSA) is 67.6 Å². The van der Waals surface area contributed by atoms with Crippen molar-refractivity contribution < 1.29 is 24.5 Å². The van der Waals surface area contributed by atoms with E-state index in [1.54, 1.807) is 12.3 Å². The molecular formula is C61H46IrN4O-2. The Balaban J connectivity index is 0.000000375. The molecular weight excluding hydrogens is 997 g/mol. The van der Waals surface area contributed by atoms with Crippen LogP contribution in [0.3, 0.4) is 0 Å². The van der Waals surface area contributed by atoms with Crippen molar-refractivity contribution in [2.75, 3.05) is 0 Å². The molecule has 0 aliphatic rings. The first-order valence-electron chi connectivity index (χ1n) is 22.4. The van der Waals surface area contributed by atoms with Crippen LogP contribution in [0.1, 0.15) is 56.2 Å². The van der Waals surface area contributed by atoms with Gasteiger partial charge in [-0.05, 0) is 109 Å². The number of hydrogen-bond donors (Lipinski definition) is 0. The maximum atomic E-state index is 10.3. The Hall–Kier alpha value is -7.68. The zero-order chi connectivity index (χ0) is 45.1. The number of aromatic nitrogens is 3. The summed E-state index contributed by atoms with van der Waals surface area (Å²) in [6.07, 6.45) is 1.79. The number of fused-ring (bicyclic) bond motifs is 4. The van der Waals surface area contributed by atoms with E-state index in [1.807, 2.05) is 66.7 Å². The third-order valence-corrected chi connectivity index (χ3v) is 12.2. The fourth-order valence-corrected chi connectivity index (χ4v) is 8.85. The van der Waals surface area contributed by atoms with Crippen LogP contribution in [0.4, 0.5) is 0 Å². The van der Waals surface area contributed by atoms with Crippen LogP contribution in [-0.4, -0.2) is 14.5 Å². The molecule has 0 aliphatic carbocycles. The zero-order valence-electron chi connectivity index (χ0n) is 37.7. The van der Waals surface area contributed by atoms with E-state index >= 15 is 0 Å². The number of imidazole rings is 1. The van der Waals surface area contributed by atoms with Crippen LogP contribution in [0.25, 0.3) is 94.7 Å². The monoisotopic (exact) mass is 1040 g/mol. The van der Waals surface area contributed by atoms with Crippen molar-refractivity contribution in [1.82, 2.24) is 14.5 Å². The molecule has 0 fully saturated rings. The first-order valence-corrected chi connectivity index (χ1v) is 22.4. The quantitative estimate of drug-likeness (QED) is 0.142. The van der Waals surface area contributed by atoms with Crippen LogP contribution in [0.15, 0.2) is 199 Å². The molecule has 0 saturated carbocycles. The van der Waals surface area contributed by atoms with E-state index in [9.17, 15) is 5.26 Å². The van der Waals surface area contributed by atoms with Crippen LogP contribution >= 0.6 is 0 Å². The van der Waals surface area contributed by atoms with Gasteiger partial charge in [0.05, 0.1) is 22.4 Å². The number of nitrogens with zero attached hydrogens (tertiary/aromatic N) is 4. The molecule has 8 aromatic carbocycles. The van der Waals surface area contributed by atoms with Crippen molar-refractivity contribution in [1.29, 1.82) is 5.26 Å². The molecule has 0 saturated heterocycles. The number of nitriles is 1. The average molecular weight is 1040 g/mol. The minimum atomic E-state index is 0. The second-order valence-electron chi connectivity index (χ2n) is 17.1. The van der Waals surface area contributed by atoms with Crippen LogP contribution in [-0.2, 0) is 20.1 Å². The van der Waals surface area contributed by atoms with Gasteiger partial charge in [0.15, 0.2) is 0 Å². The summed E-state index contributed by atoms with van der Waals surface area (Å²) < 4.78 is 9.08. The van der Waals surface area contributed by atoms with Gasteiger partial charge in [-0.25, -0.2) is 5.26 Å². The minimum absolute atomic E-state index is 0. The molecule has 0 N–H and O–H groups in total. The maximum Gasteiger partial charge on any atom is 0.121 e. The Labute approximate surface area is 405 Å². The van der Waals surface area contributed by atoms with Gasteiger partial charge in [0.2, 0.25) is 0 Å². The van der Waals surface area contributed by atoms with Gasteiger partial charge in [-0.3, -0.25) is 4.98 Å². The molecule has 67 heavy (non-hydrogen) atoms. The third-order valence-electron chi connectivity index (χ3n) is 12.2. The van der Waals surface area contributed by atoms with Crippen LogP contribution in [0.2, 0.25) is 0 Å². The smallest absolute Gasteiger partial charge is 0.121 e. The number of pyridine rings is 1. The Morgan fingerprint density at radius 2 is 1.19 bits per heavy atom. The largest absolute Gasteiger partial charge is 0.500 e. The Bertz CT molecular complexity index is 3450. The molecule has 6 heteroatoms. The standard InChI is InChI=1S/C50H38N3O.C11H8N.Ir/c1-31(2)42-27-39(36-21-19-35(20-22-36)33-13-7-5-8-14-33)28-43(32(3)4)48(42)53-45-18-12-11-17-44(45)52-50(53)41-26-24-38(30-51)47-40-25-23-37(29-46(40)54-49(41)47)34-15-9-6-10-16-34;1-2-6-10(7-3-1)11-8-4-5-9-12-11;/h5-25,27-29,31-32H,1-4H3;1-6,8-9H;/q2*-1;. The van der Waals surface area contributed by atoms with Gasteiger partial charge in [0, 0.05) is 43.4 Å². The summed E-state index contributed by atoms with van der Waals surface area (Å²) in [5.74, 6) is 1.15. The Morgan fingerprint density at radius 3 is 1.82 bits per heavy atom. The molecule has 327 valence electrons. The normalized spacial score (nSPS) is 11.1. The summed E-state index contributed by atoms with van der Waals surface area (Å²) in [5.41, 5.74) is 17.0. The number of rotatable bonds is 8. The number of hydrogen-bond acceptors (Lipinski definition) is 4. The molecule has 0 atom stereocenters. The van der Waals surface area contributed by atoms with Gasteiger partial charge in [-0.1, -0.05) is 155 Å². The van der Waals surface area contributed by atoms with Crippen molar-refractivity contribution in [2.45, 2.75) is 39.5 Å². The van der Waals surface area contributed by atoms with Crippen molar-refractivity contribution >= 4 is 33.0 Å². The van der Waals surface area contributed by atoms with Crippen molar-refractivity contribution in [3.8, 4) is 67.8 Å². The fraction of sp³-hybridized carbons (Fsp3) is 0.0984. The molecule has 0 unspecified atom stereocenters. The maximum absolute atomic E-state index is 10.3. The summed E-state index contributed by atoms with van der Waals surface area (Å²) in [6, 6.07) is 73.4. The number of benzene rings is 8. The van der Waals surface area contributed by atoms with Gasteiger partial charge in [0.25, 0.3) is 0 Å². The van der Waals surface area contributed by atoms with Crippen LogP contribution in [0.5, 0.6) is 0 Å². The van der Waals surface area contributed by atoms with Gasteiger partial charge in [-0.2, -0.15) is 0 Å². The minimum Gasteiger partial charge on any atom is -0.500 e. The van der Waals surface area contributed by atoms with Gasteiger partial charge in [0.1, 0.15) is 5.58 Å². The average Bonchev–Trinajstić information content (AvgIpc) is 3.96. The predicted molar refractivity (Wildman–Crippen MR) is 270 cm³/mol. The Morgan fingerprint density at radius 1 is 0.597 bits per heavy atom. The summed E-state index contributed by atoms with van der Waals surface area (Å²) in [6.45, 7) is 9.05. The summed E-state index contributed by atoms with van der Waals surface area (Å²) in [7, 11) is 0. The van der Waals surface area contributed by atoms with E-state index in [-0.39, 0.29) is 31.9 Å². The van der Waals surface area contributed by atoms with E-state index in [0.29, 0.717) is 11.1 Å². The second-order valence-corrected chi connectivity index (χ2v) is 17.1. The molecule has 11 aromatic rings. The van der Waals surface area contributed by atoms with Crippen LogP contribution in [0, 0.1) is 23.5 Å². The molecule has 3 heterocycles. The van der Waals surface area contributed by atoms with E-state index in [4.69, 9.17) is 9.40 Å². The Kier molecular flexibility index (Phi) is 12.9. The summed E-state index contributed by atoms with van der Waals surface area (Å²) in [5, 5.41) is 12.0. The molecule has 0 bridgehead atoms. The zero-order valence-corrected chi connectivity index (χ0v) is 40.1. The van der Waals surface area contributed by atoms with E-state index in [1.165, 1.54) is 33.4 Å². The first-order chi connectivity index (χ1) is 32.4. The number of furan rings is 1. The van der Waals surface area contributed by atoms with Gasteiger partial charge >= 0.3 is 0 Å². The summed E-state index contributed by atoms with van der Waals surface area (Å²) >= 11 is 0. The molecule has 0 amide bonds. The third kappa shape index (κ3) is 8.76. The predicted octanol–water partition coefficient (Wildman–Crippen LogP) is 16.1. The molecule has 5 nitrogen and oxygen atoms in total. The van der Waals surface area contributed by atoms with Gasteiger partial charge < -0.3 is 14.0 Å². The van der Waals surface area contributed by atoms with Crippen LogP contribution < -0.4 is 0 Å². The van der Waals surface area contributed by atoms with Crippen molar-refractivity contribution in [2.24, 2.45) is 0 Å². The van der Waals surface area contributed by atoms with Gasteiger partial charge in [-0.15, -0.1) is 48.0 Å². The first kappa shape index (κ1) is 44.5. The van der Waals surface area contributed by atoms with Crippen molar-refractivity contribution in [3.05, 3.63) is 223 Å². The fourth-order valence-electron chi connectivity index (χ4n) is 8.85. The van der Waals surface area contributed by atoms with Crippen molar-refractivity contribution in [3.63, 3.8) is 0 Å².